The fourth-order valence-corrected chi connectivity index (χ4v) is 2.83. The third kappa shape index (κ3) is 4.29. The number of anilines is 1. The first-order valence-electron chi connectivity index (χ1n) is 8.13. The molecule has 3 aromatic rings. The second kappa shape index (κ2) is 8.06. The molecule has 0 unspecified atom stereocenters. The summed E-state index contributed by atoms with van der Waals surface area (Å²) in [6.45, 7) is 0. The molecule has 3 rings (SSSR count). The number of amides is 1. The average molecular weight is 316 g/mol. The van der Waals surface area contributed by atoms with E-state index in [1.54, 1.807) is 12.4 Å². The molecule has 0 aliphatic carbocycles. The normalized spacial score (nSPS) is 10.5. The van der Waals surface area contributed by atoms with Crippen LogP contribution >= 0.6 is 0 Å². The van der Waals surface area contributed by atoms with Crippen molar-refractivity contribution in [2.45, 2.75) is 18.8 Å². The van der Waals surface area contributed by atoms with Crippen molar-refractivity contribution in [2.75, 3.05) is 5.32 Å². The van der Waals surface area contributed by atoms with E-state index in [9.17, 15) is 4.79 Å². The van der Waals surface area contributed by atoms with Gasteiger partial charge in [-0.2, -0.15) is 0 Å². The highest BCUT2D eigenvalue weighted by molar-refractivity contribution is 5.90. The Bertz CT molecular complexity index is 718. The highest BCUT2D eigenvalue weighted by atomic mass is 16.1. The predicted molar refractivity (Wildman–Crippen MR) is 96.8 cm³/mol. The summed E-state index contributed by atoms with van der Waals surface area (Å²) in [6.07, 6.45) is 4.57. The van der Waals surface area contributed by atoms with E-state index in [4.69, 9.17) is 0 Å². The summed E-state index contributed by atoms with van der Waals surface area (Å²) in [4.78, 5) is 16.3. The quantitative estimate of drug-likeness (QED) is 0.720. The molecule has 1 amide bonds. The number of rotatable bonds is 6. The summed E-state index contributed by atoms with van der Waals surface area (Å²) in [7, 11) is 0. The molecule has 1 aromatic heterocycles. The third-order valence-corrected chi connectivity index (χ3v) is 4.01. The minimum atomic E-state index is 0.0138. The summed E-state index contributed by atoms with van der Waals surface area (Å²) in [5.74, 6) is 0.229. The van der Waals surface area contributed by atoms with Gasteiger partial charge in [0.2, 0.25) is 5.91 Å². The van der Waals surface area contributed by atoms with Crippen LogP contribution in [0.25, 0.3) is 0 Å². The number of carbonyl (C=O) groups excluding carboxylic acids is 1. The highest BCUT2D eigenvalue weighted by Crippen LogP contribution is 2.29. The maximum absolute atomic E-state index is 12.2. The molecule has 0 radical (unpaired) electrons. The second-order valence-corrected chi connectivity index (χ2v) is 5.70. The summed E-state index contributed by atoms with van der Waals surface area (Å²) in [5, 5.41) is 2.90. The summed E-state index contributed by atoms with van der Waals surface area (Å²) in [5.41, 5.74) is 3.20. The Morgan fingerprint density at radius 3 is 2.04 bits per heavy atom. The molecule has 0 spiro atoms. The molecule has 0 saturated carbocycles. The largest absolute Gasteiger partial charge is 0.325 e. The zero-order valence-electron chi connectivity index (χ0n) is 13.4. The topological polar surface area (TPSA) is 42.0 Å². The first-order valence-corrected chi connectivity index (χ1v) is 8.13. The van der Waals surface area contributed by atoms with Gasteiger partial charge < -0.3 is 5.32 Å². The van der Waals surface area contributed by atoms with Gasteiger partial charge in [0.15, 0.2) is 0 Å². The molecule has 0 saturated heterocycles. The van der Waals surface area contributed by atoms with Crippen molar-refractivity contribution in [3.8, 4) is 0 Å². The molecule has 24 heavy (non-hydrogen) atoms. The van der Waals surface area contributed by atoms with Gasteiger partial charge in [-0.15, -0.1) is 0 Å². The van der Waals surface area contributed by atoms with E-state index < -0.39 is 0 Å². The van der Waals surface area contributed by atoms with Gasteiger partial charge in [0, 0.05) is 18.5 Å². The van der Waals surface area contributed by atoms with Crippen molar-refractivity contribution < 1.29 is 4.79 Å². The number of nitrogens with zero attached hydrogens (tertiary/aromatic N) is 1. The molecule has 1 N–H and O–H groups in total. The first-order chi connectivity index (χ1) is 11.8. The molecule has 0 atom stereocenters. The number of pyridine rings is 1. The number of hydrogen-bond donors (Lipinski definition) is 1. The minimum Gasteiger partial charge on any atom is -0.325 e. The molecule has 0 bridgehead atoms. The van der Waals surface area contributed by atoms with Crippen molar-refractivity contribution in [1.82, 2.24) is 4.98 Å². The maximum atomic E-state index is 12.2. The van der Waals surface area contributed by atoms with E-state index in [0.717, 1.165) is 12.1 Å². The van der Waals surface area contributed by atoms with E-state index in [-0.39, 0.29) is 11.8 Å². The number of carbonyl (C=O) groups is 1. The Morgan fingerprint density at radius 2 is 1.50 bits per heavy atom. The molecular weight excluding hydrogens is 296 g/mol. The van der Waals surface area contributed by atoms with Gasteiger partial charge in [-0.1, -0.05) is 60.7 Å². The number of nitrogens with one attached hydrogen (secondary N) is 1. The van der Waals surface area contributed by atoms with Crippen LogP contribution in [0, 0.1) is 0 Å². The second-order valence-electron chi connectivity index (χ2n) is 5.70. The van der Waals surface area contributed by atoms with E-state index >= 15 is 0 Å². The number of aromatic nitrogens is 1. The zero-order chi connectivity index (χ0) is 16.6. The van der Waals surface area contributed by atoms with Gasteiger partial charge in [0.25, 0.3) is 0 Å². The first kappa shape index (κ1) is 15.9. The van der Waals surface area contributed by atoms with Gasteiger partial charge in [-0.05, 0) is 29.7 Å². The number of benzene rings is 2. The Labute approximate surface area is 142 Å². The van der Waals surface area contributed by atoms with E-state index in [1.807, 2.05) is 48.5 Å². The van der Waals surface area contributed by atoms with E-state index in [1.165, 1.54) is 11.1 Å². The van der Waals surface area contributed by atoms with Gasteiger partial charge in [-0.25, -0.2) is 0 Å². The lowest BCUT2D eigenvalue weighted by atomic mass is 9.87. The molecule has 3 nitrogen and oxygen atoms in total. The zero-order valence-corrected chi connectivity index (χ0v) is 13.4. The monoisotopic (exact) mass is 316 g/mol. The lowest BCUT2D eigenvalue weighted by Crippen LogP contribution is -2.13. The molecule has 0 aliphatic heterocycles. The lowest BCUT2D eigenvalue weighted by Gasteiger charge is -2.18. The van der Waals surface area contributed by atoms with E-state index in [0.29, 0.717) is 6.42 Å². The summed E-state index contributed by atoms with van der Waals surface area (Å²) < 4.78 is 0. The van der Waals surface area contributed by atoms with Crippen LogP contribution in [0.5, 0.6) is 0 Å². The van der Waals surface area contributed by atoms with Crippen LogP contribution in [0.15, 0.2) is 85.2 Å². The summed E-state index contributed by atoms with van der Waals surface area (Å²) >= 11 is 0. The maximum Gasteiger partial charge on any atom is 0.224 e. The number of hydrogen-bond acceptors (Lipinski definition) is 2. The molecule has 1 heterocycles. The van der Waals surface area contributed by atoms with Crippen LogP contribution < -0.4 is 5.32 Å². The molecule has 0 fully saturated rings. The molecule has 2 aromatic carbocycles. The Kier molecular flexibility index (Phi) is 5.36. The summed E-state index contributed by atoms with van der Waals surface area (Å²) in [6, 6.07) is 24.3. The average Bonchev–Trinajstić information content (AvgIpc) is 2.64. The van der Waals surface area contributed by atoms with Gasteiger partial charge in [-0.3, -0.25) is 9.78 Å². The van der Waals surface area contributed by atoms with Crippen molar-refractivity contribution in [1.29, 1.82) is 0 Å². The van der Waals surface area contributed by atoms with Crippen LogP contribution in [0.1, 0.15) is 29.9 Å². The predicted octanol–water partition coefficient (Wildman–Crippen LogP) is 4.63. The van der Waals surface area contributed by atoms with Crippen LogP contribution in [0.2, 0.25) is 0 Å². The van der Waals surface area contributed by atoms with Crippen LogP contribution in [0.3, 0.4) is 0 Å². The fraction of sp³-hybridized carbons (Fsp3) is 0.143. The van der Waals surface area contributed by atoms with Gasteiger partial charge in [0.1, 0.15) is 0 Å². The van der Waals surface area contributed by atoms with Crippen molar-refractivity contribution in [3.63, 3.8) is 0 Å². The smallest absolute Gasteiger partial charge is 0.224 e. The van der Waals surface area contributed by atoms with Crippen LogP contribution in [-0.4, -0.2) is 10.9 Å². The minimum absolute atomic E-state index is 0.0138. The molecule has 3 heteroatoms. The van der Waals surface area contributed by atoms with E-state index in [2.05, 4.69) is 34.6 Å². The third-order valence-electron chi connectivity index (χ3n) is 4.01. The van der Waals surface area contributed by atoms with Crippen molar-refractivity contribution in [2.24, 2.45) is 0 Å². The fourth-order valence-electron chi connectivity index (χ4n) is 2.83. The van der Waals surface area contributed by atoms with Gasteiger partial charge in [0.05, 0.1) is 11.9 Å². The standard InChI is InChI=1S/C21H20N2O/c24-21(23-19-12-7-15-22-16-19)14-13-20(17-8-3-1-4-9-17)18-10-5-2-6-11-18/h1-12,15-16,20H,13-14H2,(H,23,24). The molecule has 0 aliphatic rings. The Morgan fingerprint density at radius 1 is 0.875 bits per heavy atom. The van der Waals surface area contributed by atoms with Gasteiger partial charge >= 0.3 is 0 Å². The molecular formula is C21H20N2O. The van der Waals surface area contributed by atoms with Crippen LogP contribution in [0.4, 0.5) is 5.69 Å². The Balaban J connectivity index is 1.70. The molecule has 120 valence electrons. The lowest BCUT2D eigenvalue weighted by molar-refractivity contribution is -0.116. The van der Waals surface area contributed by atoms with Crippen molar-refractivity contribution >= 4 is 11.6 Å². The SMILES string of the molecule is O=C(CCC(c1ccccc1)c1ccccc1)Nc1cccnc1. The van der Waals surface area contributed by atoms with Crippen molar-refractivity contribution in [3.05, 3.63) is 96.3 Å². The van der Waals surface area contributed by atoms with Crippen LogP contribution in [-0.2, 0) is 4.79 Å². The highest BCUT2D eigenvalue weighted by Gasteiger charge is 2.15. The Hall–Kier alpha value is -2.94.